The Kier molecular flexibility index (Phi) is 7.97. The molecule has 0 saturated carbocycles. The van der Waals surface area contributed by atoms with Crippen molar-refractivity contribution >= 4 is 29.4 Å². The van der Waals surface area contributed by atoms with Crippen LogP contribution in [-0.4, -0.2) is 54.3 Å². The molecule has 0 aromatic heterocycles. The number of benzene rings is 3. The Morgan fingerprint density at radius 2 is 1.92 bits per heavy atom. The normalized spacial score (nSPS) is 15.3. The summed E-state index contributed by atoms with van der Waals surface area (Å²) in [5.41, 5.74) is 4.91. The van der Waals surface area contributed by atoms with E-state index in [1.807, 2.05) is 65.6 Å². The first-order valence-electron chi connectivity index (χ1n) is 11.9. The molecule has 1 heterocycles. The molecule has 8 nitrogen and oxygen atoms in total. The molecule has 4 N–H and O–H groups in total. The van der Waals surface area contributed by atoms with Gasteiger partial charge >= 0.3 is 0 Å². The lowest BCUT2D eigenvalue weighted by molar-refractivity contribution is -0.132. The van der Waals surface area contributed by atoms with Crippen molar-refractivity contribution in [1.29, 1.82) is 0 Å². The Morgan fingerprint density at radius 3 is 2.61 bits per heavy atom. The van der Waals surface area contributed by atoms with E-state index in [1.54, 1.807) is 24.1 Å². The number of nitrogens with zero attached hydrogens (tertiary/aromatic N) is 3. The average molecular weight is 486 g/mol. The quantitative estimate of drug-likeness (QED) is 0.258. The van der Waals surface area contributed by atoms with Crippen molar-refractivity contribution in [2.24, 2.45) is 10.9 Å². The zero-order valence-electron chi connectivity index (χ0n) is 20.3. The Hall–Kier alpha value is -4.17. The summed E-state index contributed by atoms with van der Waals surface area (Å²) in [6.07, 6.45) is 2.57. The second-order valence-corrected chi connectivity index (χ2v) is 8.81. The van der Waals surface area contributed by atoms with Crippen LogP contribution in [0.25, 0.3) is 0 Å². The third kappa shape index (κ3) is 5.72. The minimum absolute atomic E-state index is 0.0534. The minimum Gasteiger partial charge on any atom is -0.396 e. The molecule has 186 valence electrons. The summed E-state index contributed by atoms with van der Waals surface area (Å²) in [7, 11) is 1.72. The van der Waals surface area contributed by atoms with Crippen molar-refractivity contribution in [3.05, 3.63) is 95.1 Å². The van der Waals surface area contributed by atoms with Crippen LogP contribution in [0.1, 0.15) is 33.5 Å². The molecular formula is C28H31N5O3. The van der Waals surface area contributed by atoms with Crippen LogP contribution >= 0.6 is 0 Å². The maximum Gasteiger partial charge on any atom is 0.258 e. The molecule has 36 heavy (non-hydrogen) atoms. The highest BCUT2D eigenvalue weighted by Crippen LogP contribution is 2.27. The number of hydrogen-bond acceptors (Lipinski definition) is 6. The fourth-order valence-electron chi connectivity index (χ4n) is 4.34. The summed E-state index contributed by atoms with van der Waals surface area (Å²) >= 11 is 0. The van der Waals surface area contributed by atoms with Crippen LogP contribution in [0.3, 0.4) is 0 Å². The van der Waals surface area contributed by atoms with Gasteiger partial charge in [-0.05, 0) is 53.8 Å². The number of anilines is 2. The van der Waals surface area contributed by atoms with Crippen molar-refractivity contribution < 1.29 is 14.7 Å². The van der Waals surface area contributed by atoms with Crippen LogP contribution in [0.5, 0.6) is 0 Å². The lowest BCUT2D eigenvalue weighted by atomic mass is 10.1. The number of aliphatic hydroxyl groups excluding tert-OH is 1. The Morgan fingerprint density at radius 1 is 1.17 bits per heavy atom. The maximum atomic E-state index is 13.3. The van der Waals surface area contributed by atoms with Crippen molar-refractivity contribution in [1.82, 2.24) is 4.90 Å². The van der Waals surface area contributed by atoms with Crippen molar-refractivity contribution in [3.8, 4) is 0 Å². The predicted molar refractivity (Wildman–Crippen MR) is 142 cm³/mol. The molecule has 1 unspecified atom stereocenters. The van der Waals surface area contributed by atoms with E-state index in [2.05, 4.69) is 10.4 Å². The maximum absolute atomic E-state index is 13.3. The summed E-state index contributed by atoms with van der Waals surface area (Å²) in [4.78, 5) is 29.9. The molecule has 1 aliphatic heterocycles. The summed E-state index contributed by atoms with van der Waals surface area (Å²) in [5, 5.41) is 16.4. The second kappa shape index (κ2) is 11.5. The van der Waals surface area contributed by atoms with Gasteiger partial charge in [-0.2, -0.15) is 5.10 Å². The summed E-state index contributed by atoms with van der Waals surface area (Å²) < 4.78 is 0. The number of rotatable bonds is 8. The number of nitrogens with two attached hydrogens (primary N) is 1. The topological polar surface area (TPSA) is 111 Å². The Labute approximate surface area is 211 Å². The molecular weight excluding hydrogens is 454 g/mol. The SMILES string of the molecule is CN(C(=O)c1ccc2c(c1)NC(CCO)C(=O)N(CCc1ccccc1)C2)c1ccc(C=NN)cc1. The van der Waals surface area contributed by atoms with Crippen molar-refractivity contribution in [2.75, 3.05) is 30.4 Å². The van der Waals surface area contributed by atoms with E-state index >= 15 is 0 Å². The number of aliphatic hydroxyl groups is 1. The van der Waals surface area contributed by atoms with Crippen molar-refractivity contribution in [2.45, 2.75) is 25.4 Å². The highest BCUT2D eigenvalue weighted by molar-refractivity contribution is 6.06. The predicted octanol–water partition coefficient (Wildman–Crippen LogP) is 3.00. The first-order valence-corrected chi connectivity index (χ1v) is 11.9. The monoisotopic (exact) mass is 485 g/mol. The second-order valence-electron chi connectivity index (χ2n) is 8.81. The smallest absolute Gasteiger partial charge is 0.258 e. The van der Waals surface area contributed by atoms with E-state index in [9.17, 15) is 14.7 Å². The molecule has 0 radical (unpaired) electrons. The number of hydrazone groups is 1. The number of carbonyl (C=O) groups excluding carboxylic acids is 2. The third-order valence-corrected chi connectivity index (χ3v) is 6.40. The molecule has 0 fully saturated rings. The van der Waals surface area contributed by atoms with E-state index < -0.39 is 6.04 Å². The summed E-state index contributed by atoms with van der Waals surface area (Å²) in [6, 6.07) is 22.3. The molecule has 1 atom stereocenters. The van der Waals surface area contributed by atoms with Crippen LogP contribution in [0, 0.1) is 0 Å². The van der Waals surface area contributed by atoms with Crippen LogP contribution in [0.15, 0.2) is 77.9 Å². The average Bonchev–Trinajstić information content (AvgIpc) is 3.04. The van der Waals surface area contributed by atoms with Gasteiger partial charge in [-0.1, -0.05) is 48.5 Å². The highest BCUT2D eigenvalue weighted by atomic mass is 16.3. The number of fused-ring (bicyclic) bond motifs is 1. The molecule has 0 saturated heterocycles. The number of amides is 2. The molecule has 2 amide bonds. The van der Waals surface area contributed by atoms with Gasteiger partial charge in [-0.25, -0.2) is 0 Å². The zero-order chi connectivity index (χ0) is 25.5. The van der Waals surface area contributed by atoms with Gasteiger partial charge in [-0.3, -0.25) is 9.59 Å². The molecule has 8 heteroatoms. The van der Waals surface area contributed by atoms with Gasteiger partial charge in [0.05, 0.1) is 6.21 Å². The van der Waals surface area contributed by atoms with Gasteiger partial charge in [0.25, 0.3) is 5.91 Å². The molecule has 0 spiro atoms. The molecule has 3 aromatic rings. The van der Waals surface area contributed by atoms with E-state index in [1.165, 1.54) is 6.21 Å². The van der Waals surface area contributed by atoms with Crippen LogP contribution in [0.2, 0.25) is 0 Å². The summed E-state index contributed by atoms with van der Waals surface area (Å²) in [6.45, 7) is 0.891. The largest absolute Gasteiger partial charge is 0.396 e. The standard InChI is InChI=1S/C28H31N5O3/c1-32(24-11-7-21(8-12-24)18-30-29)27(35)22-9-10-23-19-33(15-13-20-5-3-2-4-6-20)28(36)25(14-16-34)31-26(23)17-22/h2-12,17-18,25,31,34H,13-16,19,29H2,1H3. The van der Waals surface area contributed by atoms with Gasteiger partial charge in [0.2, 0.25) is 5.91 Å². The van der Waals surface area contributed by atoms with Gasteiger partial charge in [-0.15, -0.1) is 0 Å². The van der Waals surface area contributed by atoms with Crippen LogP contribution < -0.4 is 16.1 Å². The van der Waals surface area contributed by atoms with E-state index in [0.29, 0.717) is 18.7 Å². The number of carbonyl (C=O) groups is 2. The number of hydrogen-bond donors (Lipinski definition) is 3. The lowest BCUT2D eigenvalue weighted by Gasteiger charge is -2.24. The highest BCUT2D eigenvalue weighted by Gasteiger charge is 2.29. The van der Waals surface area contributed by atoms with Gasteiger partial charge in [0, 0.05) is 43.7 Å². The molecule has 0 aliphatic carbocycles. The van der Waals surface area contributed by atoms with Gasteiger partial charge < -0.3 is 26.1 Å². The van der Waals surface area contributed by atoms with E-state index in [0.717, 1.165) is 34.5 Å². The first-order chi connectivity index (χ1) is 17.5. The summed E-state index contributed by atoms with van der Waals surface area (Å²) in [5.74, 6) is 4.98. The molecule has 1 aliphatic rings. The molecule has 0 bridgehead atoms. The fourth-order valence-corrected chi connectivity index (χ4v) is 4.34. The van der Waals surface area contributed by atoms with Gasteiger partial charge in [0.15, 0.2) is 0 Å². The van der Waals surface area contributed by atoms with Crippen molar-refractivity contribution in [3.63, 3.8) is 0 Å². The third-order valence-electron chi connectivity index (χ3n) is 6.40. The molecule has 3 aromatic carbocycles. The lowest BCUT2D eigenvalue weighted by Crippen LogP contribution is -2.41. The van der Waals surface area contributed by atoms with E-state index in [4.69, 9.17) is 5.84 Å². The first kappa shape index (κ1) is 24.9. The molecule has 4 rings (SSSR count). The Balaban J connectivity index is 1.55. The Bertz CT molecular complexity index is 1230. The van der Waals surface area contributed by atoms with Crippen LogP contribution in [-0.2, 0) is 17.8 Å². The van der Waals surface area contributed by atoms with Crippen LogP contribution in [0.4, 0.5) is 11.4 Å². The minimum atomic E-state index is -0.563. The number of nitrogens with one attached hydrogen (secondary N) is 1. The zero-order valence-corrected chi connectivity index (χ0v) is 20.3. The fraction of sp³-hybridized carbons (Fsp3) is 0.250. The van der Waals surface area contributed by atoms with E-state index in [-0.39, 0.29) is 24.8 Å². The van der Waals surface area contributed by atoms with Gasteiger partial charge in [0.1, 0.15) is 6.04 Å².